The Morgan fingerprint density at radius 2 is 2.05 bits per heavy atom. The summed E-state index contributed by atoms with van der Waals surface area (Å²) in [6, 6.07) is 8.09. The molecule has 1 fully saturated rings. The molecule has 1 saturated carbocycles. The lowest BCUT2D eigenvalue weighted by atomic mass is 10.1. The Morgan fingerprint density at radius 3 is 2.68 bits per heavy atom. The Morgan fingerprint density at radius 1 is 1.32 bits per heavy atom. The molecule has 0 radical (unpaired) electrons. The van der Waals surface area contributed by atoms with Crippen LogP contribution in [0.4, 0.5) is 10.1 Å². The zero-order valence-corrected chi connectivity index (χ0v) is 12.8. The lowest BCUT2D eigenvalue weighted by Gasteiger charge is -2.07. The van der Waals surface area contributed by atoms with E-state index >= 15 is 0 Å². The van der Waals surface area contributed by atoms with Gasteiger partial charge in [-0.15, -0.1) is 11.3 Å². The van der Waals surface area contributed by atoms with E-state index in [1.165, 1.54) is 30.6 Å². The predicted molar refractivity (Wildman–Crippen MR) is 84.9 cm³/mol. The van der Waals surface area contributed by atoms with E-state index < -0.39 is 0 Å². The molecule has 0 spiro atoms. The van der Waals surface area contributed by atoms with Crippen LogP contribution in [0.25, 0.3) is 0 Å². The first-order valence-corrected chi connectivity index (χ1v) is 7.82. The van der Waals surface area contributed by atoms with Crippen molar-refractivity contribution in [2.24, 2.45) is 11.0 Å². The summed E-state index contributed by atoms with van der Waals surface area (Å²) in [5.41, 5.74) is 5.35. The third-order valence-corrected chi connectivity index (χ3v) is 4.33. The maximum atomic E-state index is 13.1. The number of ether oxygens (including phenoxy) is 1. The van der Waals surface area contributed by atoms with Gasteiger partial charge >= 0.3 is 5.97 Å². The fourth-order valence-electron chi connectivity index (χ4n) is 2.14. The Labute approximate surface area is 131 Å². The highest BCUT2D eigenvalue weighted by Crippen LogP contribution is 2.34. The third-order valence-electron chi connectivity index (χ3n) is 3.44. The molecule has 3 rings (SSSR count). The quantitative estimate of drug-likeness (QED) is 0.517. The molecule has 0 unspecified atom stereocenters. The van der Waals surface area contributed by atoms with Gasteiger partial charge in [0, 0.05) is 5.92 Å². The van der Waals surface area contributed by atoms with Gasteiger partial charge in [0.1, 0.15) is 10.7 Å². The van der Waals surface area contributed by atoms with Crippen molar-refractivity contribution < 1.29 is 13.9 Å². The van der Waals surface area contributed by atoms with Crippen LogP contribution in [0.5, 0.6) is 0 Å². The largest absolute Gasteiger partial charge is 0.465 e. The molecule has 6 heteroatoms. The molecule has 0 bridgehead atoms. The van der Waals surface area contributed by atoms with Crippen molar-refractivity contribution in [1.29, 1.82) is 0 Å². The van der Waals surface area contributed by atoms with E-state index in [1.54, 1.807) is 23.6 Å². The minimum absolute atomic E-state index is 0.266. The van der Waals surface area contributed by atoms with Crippen LogP contribution < -0.4 is 5.43 Å². The number of rotatable bonds is 5. The second kappa shape index (κ2) is 6.27. The highest BCUT2D eigenvalue weighted by Gasteiger charge is 2.29. The molecule has 0 atom stereocenters. The van der Waals surface area contributed by atoms with Gasteiger partial charge in [-0.05, 0) is 42.0 Å². The third kappa shape index (κ3) is 3.17. The first kappa shape index (κ1) is 14.7. The summed E-state index contributed by atoms with van der Waals surface area (Å²) in [5, 5.41) is 6.25. The van der Waals surface area contributed by atoms with Crippen molar-refractivity contribution in [1.82, 2.24) is 0 Å². The Kier molecular flexibility index (Phi) is 4.20. The second-order valence-electron chi connectivity index (χ2n) is 5.04. The monoisotopic (exact) mass is 318 g/mol. The molecule has 0 aliphatic heterocycles. The summed E-state index contributed by atoms with van der Waals surface area (Å²) in [6.45, 7) is 0. The number of nitrogens with one attached hydrogen (secondary N) is 1. The van der Waals surface area contributed by atoms with Crippen molar-refractivity contribution in [3.8, 4) is 0 Å². The van der Waals surface area contributed by atoms with Gasteiger partial charge in [0.25, 0.3) is 0 Å². The maximum absolute atomic E-state index is 13.1. The van der Waals surface area contributed by atoms with Crippen LogP contribution >= 0.6 is 11.3 Å². The van der Waals surface area contributed by atoms with Crippen LogP contribution in [0.2, 0.25) is 0 Å². The van der Waals surface area contributed by atoms with Crippen LogP contribution in [0, 0.1) is 11.7 Å². The normalized spacial score (nSPS) is 14.7. The van der Waals surface area contributed by atoms with Gasteiger partial charge in [-0.25, -0.2) is 9.18 Å². The standard InChI is InChI=1S/C16H15FN2O2S/c1-21-16(20)15-13(8-9-22-15)18-19-14(10-2-3-10)11-4-6-12(17)7-5-11/h4-10,18H,2-3H2,1H3. The molecule has 1 aliphatic carbocycles. The second-order valence-corrected chi connectivity index (χ2v) is 5.96. The molecule has 1 aliphatic rings. The highest BCUT2D eigenvalue weighted by molar-refractivity contribution is 7.12. The zero-order valence-electron chi connectivity index (χ0n) is 12.0. The average Bonchev–Trinajstić information content (AvgIpc) is 3.26. The number of carbonyl (C=O) groups is 1. The van der Waals surface area contributed by atoms with E-state index in [-0.39, 0.29) is 11.8 Å². The van der Waals surface area contributed by atoms with Crippen molar-refractivity contribution in [2.45, 2.75) is 12.8 Å². The molecule has 1 heterocycles. The van der Waals surface area contributed by atoms with Crippen LogP contribution in [0.1, 0.15) is 28.1 Å². The van der Waals surface area contributed by atoms with Gasteiger partial charge in [0.2, 0.25) is 0 Å². The number of methoxy groups -OCH3 is 1. The molecule has 4 nitrogen and oxygen atoms in total. The maximum Gasteiger partial charge on any atom is 0.350 e. The number of thiophene rings is 1. The topological polar surface area (TPSA) is 50.7 Å². The molecule has 0 amide bonds. The van der Waals surface area contributed by atoms with Crippen molar-refractivity contribution >= 4 is 28.7 Å². The SMILES string of the molecule is COC(=O)c1sccc1NN=C(c1ccc(F)cc1)C1CC1. The smallest absolute Gasteiger partial charge is 0.350 e. The van der Waals surface area contributed by atoms with Crippen molar-refractivity contribution in [3.05, 3.63) is 52.0 Å². The summed E-state index contributed by atoms with van der Waals surface area (Å²) in [6.07, 6.45) is 2.15. The summed E-state index contributed by atoms with van der Waals surface area (Å²) in [7, 11) is 1.35. The zero-order chi connectivity index (χ0) is 15.5. The van der Waals surface area contributed by atoms with Gasteiger partial charge in [-0.3, -0.25) is 5.43 Å². The lowest BCUT2D eigenvalue weighted by molar-refractivity contribution is 0.0607. The number of anilines is 1. The van der Waals surface area contributed by atoms with E-state index in [9.17, 15) is 9.18 Å². The summed E-state index contributed by atoms with van der Waals surface area (Å²) >= 11 is 1.30. The van der Waals surface area contributed by atoms with Crippen molar-refractivity contribution in [2.75, 3.05) is 12.5 Å². The minimum atomic E-state index is -0.387. The van der Waals surface area contributed by atoms with E-state index in [2.05, 4.69) is 10.5 Å². The van der Waals surface area contributed by atoms with E-state index in [0.29, 0.717) is 16.5 Å². The Bertz CT molecular complexity index is 705. The Balaban J connectivity index is 1.84. The molecule has 1 N–H and O–H groups in total. The summed E-state index contributed by atoms with van der Waals surface area (Å²) in [4.78, 5) is 12.1. The molecular formula is C16H15FN2O2S. The van der Waals surface area contributed by atoms with Crippen LogP contribution in [-0.4, -0.2) is 18.8 Å². The number of hydrogen-bond acceptors (Lipinski definition) is 5. The predicted octanol–water partition coefficient (Wildman–Crippen LogP) is 3.90. The minimum Gasteiger partial charge on any atom is -0.465 e. The molecule has 1 aromatic heterocycles. The van der Waals surface area contributed by atoms with E-state index in [1.807, 2.05) is 0 Å². The number of esters is 1. The fourth-order valence-corrected chi connectivity index (χ4v) is 2.90. The van der Waals surface area contributed by atoms with Crippen LogP contribution in [-0.2, 0) is 4.74 Å². The lowest BCUT2D eigenvalue weighted by Crippen LogP contribution is -2.08. The van der Waals surface area contributed by atoms with Gasteiger partial charge in [0.05, 0.1) is 18.5 Å². The van der Waals surface area contributed by atoms with E-state index in [0.717, 1.165) is 24.1 Å². The molecule has 114 valence electrons. The number of benzene rings is 1. The van der Waals surface area contributed by atoms with Crippen LogP contribution in [0.15, 0.2) is 40.8 Å². The summed E-state index contributed by atoms with van der Waals surface area (Å²) in [5.74, 6) is -0.265. The number of halogens is 1. The number of nitrogens with zero attached hydrogens (tertiary/aromatic N) is 1. The van der Waals surface area contributed by atoms with E-state index in [4.69, 9.17) is 4.74 Å². The molecule has 0 saturated heterocycles. The molecular weight excluding hydrogens is 303 g/mol. The summed E-state index contributed by atoms with van der Waals surface area (Å²) < 4.78 is 17.8. The van der Waals surface area contributed by atoms with Gasteiger partial charge < -0.3 is 4.74 Å². The molecule has 2 aromatic rings. The van der Waals surface area contributed by atoms with Crippen molar-refractivity contribution in [3.63, 3.8) is 0 Å². The van der Waals surface area contributed by atoms with Crippen LogP contribution in [0.3, 0.4) is 0 Å². The number of carbonyl (C=O) groups excluding carboxylic acids is 1. The highest BCUT2D eigenvalue weighted by atomic mass is 32.1. The average molecular weight is 318 g/mol. The molecule has 22 heavy (non-hydrogen) atoms. The Hall–Kier alpha value is -2.21. The first-order chi connectivity index (χ1) is 10.7. The molecule has 1 aromatic carbocycles. The number of hydrazone groups is 1. The first-order valence-electron chi connectivity index (χ1n) is 6.94. The number of hydrogen-bond donors (Lipinski definition) is 1. The van der Waals surface area contributed by atoms with Gasteiger partial charge in [-0.1, -0.05) is 12.1 Å². The fraction of sp³-hybridized carbons (Fsp3) is 0.250. The van der Waals surface area contributed by atoms with Gasteiger partial charge in [-0.2, -0.15) is 5.10 Å². The van der Waals surface area contributed by atoms with Gasteiger partial charge in [0.15, 0.2) is 0 Å².